The number of ether oxygens (including phenoxy) is 1. The van der Waals surface area contributed by atoms with Gasteiger partial charge in [0.2, 0.25) is 0 Å². The summed E-state index contributed by atoms with van der Waals surface area (Å²) in [7, 11) is 1.83. The summed E-state index contributed by atoms with van der Waals surface area (Å²) in [5, 5.41) is 0. The van der Waals surface area contributed by atoms with Gasteiger partial charge in [0, 0.05) is 57.2 Å². The third kappa shape index (κ3) is 8.38. The summed E-state index contributed by atoms with van der Waals surface area (Å²) in [6.45, 7) is 11.0. The summed E-state index contributed by atoms with van der Waals surface area (Å²) in [4.78, 5) is 22.8. The summed E-state index contributed by atoms with van der Waals surface area (Å²) in [5.74, 6) is 0.352. The molecule has 0 aromatic heterocycles. The highest BCUT2D eigenvalue weighted by molar-refractivity contribution is 7.90. The fourth-order valence-electron chi connectivity index (χ4n) is 6.20. The summed E-state index contributed by atoms with van der Waals surface area (Å²) in [6, 6.07) is 21.3. The molecule has 3 aromatic carbocycles. The number of anilines is 2. The molecule has 0 bridgehead atoms. The molecule has 0 atom stereocenters. The van der Waals surface area contributed by atoms with Crippen LogP contribution in [0.5, 0.6) is 5.75 Å². The molecule has 244 valence electrons. The van der Waals surface area contributed by atoms with Gasteiger partial charge in [-0.2, -0.15) is 0 Å². The molecule has 1 aliphatic rings. The fourth-order valence-corrected chi connectivity index (χ4v) is 7.86. The number of para-hydroxylation sites is 1. The van der Waals surface area contributed by atoms with Crippen molar-refractivity contribution in [2.45, 2.75) is 50.2 Å². The van der Waals surface area contributed by atoms with Crippen molar-refractivity contribution in [1.82, 2.24) is 9.80 Å². The second-order valence-corrected chi connectivity index (χ2v) is 13.9. The zero-order chi connectivity index (χ0) is 32.6. The van der Waals surface area contributed by atoms with Gasteiger partial charge in [-0.05, 0) is 101 Å². The number of hydrogen-bond acceptors (Lipinski definition) is 7. The molecule has 9 heteroatoms. The quantitative estimate of drug-likeness (QED) is 0.218. The van der Waals surface area contributed by atoms with Gasteiger partial charge in [0.1, 0.15) is 5.75 Å². The zero-order valence-electron chi connectivity index (χ0n) is 27.8. The fraction of sp³-hybridized carbons (Fsp3) is 0.472. The minimum absolute atomic E-state index is 0.0453. The second-order valence-electron chi connectivity index (χ2n) is 12.0. The van der Waals surface area contributed by atoms with Crippen LogP contribution in [0.1, 0.15) is 61.0 Å². The number of methoxy groups -OCH3 is 1. The van der Waals surface area contributed by atoms with E-state index in [2.05, 4.69) is 45.9 Å². The number of piperidine rings is 1. The number of carbonyl (C=O) groups excluding carboxylic acids is 1. The minimum Gasteiger partial charge on any atom is -0.497 e. The van der Waals surface area contributed by atoms with E-state index in [0.717, 1.165) is 50.3 Å². The standard InChI is InChI=1S/C36H50N4O4S/c1-7-38(8-2)36(41)33-26-35(45(42,43)27-28-14-13-17-31(24-28)44-6)32(25-34(33)39(9-3)23-22-37(4)5)29-18-20-40(21-19-29)30-15-11-10-12-16-30/h10-17,24-26,29H,7-9,18-23,27H2,1-6H3. The molecule has 0 unspecified atom stereocenters. The van der Waals surface area contributed by atoms with Gasteiger partial charge in [0.25, 0.3) is 5.91 Å². The van der Waals surface area contributed by atoms with Crippen molar-refractivity contribution < 1.29 is 17.9 Å². The van der Waals surface area contributed by atoms with Crippen molar-refractivity contribution in [3.8, 4) is 5.75 Å². The van der Waals surface area contributed by atoms with Crippen molar-refractivity contribution in [2.75, 3.05) is 76.8 Å². The van der Waals surface area contributed by atoms with Crippen LogP contribution in [0.2, 0.25) is 0 Å². The molecule has 1 fully saturated rings. The summed E-state index contributed by atoms with van der Waals surface area (Å²) in [5.41, 5.74) is 3.93. The van der Waals surface area contributed by atoms with Crippen molar-refractivity contribution in [3.63, 3.8) is 0 Å². The maximum atomic E-state index is 14.4. The number of likely N-dealkylation sites (N-methyl/N-ethyl adjacent to an activating group) is 2. The minimum atomic E-state index is -3.82. The van der Waals surface area contributed by atoms with Crippen LogP contribution < -0.4 is 14.5 Å². The van der Waals surface area contributed by atoms with E-state index in [1.807, 2.05) is 58.3 Å². The van der Waals surface area contributed by atoms with Crippen LogP contribution in [-0.2, 0) is 15.6 Å². The van der Waals surface area contributed by atoms with Gasteiger partial charge in [-0.15, -0.1) is 0 Å². The van der Waals surface area contributed by atoms with Crippen LogP contribution in [0, 0.1) is 0 Å². The van der Waals surface area contributed by atoms with Crippen LogP contribution in [0.4, 0.5) is 11.4 Å². The molecule has 1 heterocycles. The topological polar surface area (TPSA) is 73.4 Å². The van der Waals surface area contributed by atoms with E-state index in [1.54, 1.807) is 24.1 Å². The number of hydrogen-bond donors (Lipinski definition) is 0. The Morgan fingerprint density at radius 3 is 2.18 bits per heavy atom. The normalized spacial score (nSPS) is 14.1. The molecule has 1 saturated heterocycles. The highest BCUT2D eigenvalue weighted by Gasteiger charge is 2.32. The predicted molar refractivity (Wildman–Crippen MR) is 185 cm³/mol. The van der Waals surface area contributed by atoms with Crippen LogP contribution in [0.3, 0.4) is 0 Å². The van der Waals surface area contributed by atoms with Crippen LogP contribution in [0.25, 0.3) is 0 Å². The molecule has 45 heavy (non-hydrogen) atoms. The molecular weight excluding hydrogens is 584 g/mol. The lowest BCUT2D eigenvalue weighted by molar-refractivity contribution is 0.0773. The Morgan fingerprint density at radius 2 is 1.58 bits per heavy atom. The highest BCUT2D eigenvalue weighted by Crippen LogP contribution is 2.39. The van der Waals surface area contributed by atoms with E-state index in [1.165, 1.54) is 5.69 Å². The smallest absolute Gasteiger partial charge is 0.255 e. The van der Waals surface area contributed by atoms with Crippen LogP contribution in [-0.4, -0.2) is 91.1 Å². The molecule has 1 aliphatic heterocycles. The molecule has 0 radical (unpaired) electrons. The largest absolute Gasteiger partial charge is 0.497 e. The number of amides is 1. The summed E-state index contributed by atoms with van der Waals surface area (Å²) < 4.78 is 34.2. The average molecular weight is 635 g/mol. The molecule has 0 N–H and O–H groups in total. The predicted octanol–water partition coefficient (Wildman–Crippen LogP) is 5.92. The number of carbonyl (C=O) groups is 1. The number of rotatable bonds is 14. The number of nitrogens with zero attached hydrogens (tertiary/aromatic N) is 4. The van der Waals surface area contributed by atoms with Gasteiger partial charge < -0.3 is 24.3 Å². The van der Waals surface area contributed by atoms with Gasteiger partial charge in [-0.3, -0.25) is 4.79 Å². The first-order valence-corrected chi connectivity index (χ1v) is 17.8. The van der Waals surface area contributed by atoms with Gasteiger partial charge in [-0.25, -0.2) is 8.42 Å². The zero-order valence-corrected chi connectivity index (χ0v) is 28.6. The summed E-state index contributed by atoms with van der Waals surface area (Å²) >= 11 is 0. The number of benzene rings is 3. The van der Waals surface area contributed by atoms with Crippen LogP contribution >= 0.6 is 0 Å². The summed E-state index contributed by atoms with van der Waals surface area (Å²) in [6.07, 6.45) is 1.65. The monoisotopic (exact) mass is 634 g/mol. The van der Waals surface area contributed by atoms with E-state index >= 15 is 0 Å². The van der Waals surface area contributed by atoms with Crippen LogP contribution in [0.15, 0.2) is 71.6 Å². The van der Waals surface area contributed by atoms with Crippen molar-refractivity contribution >= 4 is 27.1 Å². The first kappa shape index (κ1) is 34.3. The Kier molecular flexibility index (Phi) is 11.9. The third-order valence-electron chi connectivity index (χ3n) is 8.83. The van der Waals surface area contributed by atoms with E-state index in [-0.39, 0.29) is 22.5 Å². The van der Waals surface area contributed by atoms with Crippen molar-refractivity contribution in [1.29, 1.82) is 0 Å². The molecule has 4 rings (SSSR count). The molecule has 0 spiro atoms. The molecular formula is C36H50N4O4S. The van der Waals surface area contributed by atoms with Gasteiger partial charge in [-0.1, -0.05) is 30.3 Å². The van der Waals surface area contributed by atoms with Crippen molar-refractivity contribution in [3.05, 3.63) is 83.4 Å². The van der Waals surface area contributed by atoms with E-state index in [4.69, 9.17) is 4.74 Å². The lowest BCUT2D eigenvalue weighted by Crippen LogP contribution is -2.36. The van der Waals surface area contributed by atoms with E-state index in [9.17, 15) is 13.2 Å². The Labute approximate surface area is 270 Å². The average Bonchev–Trinajstić information content (AvgIpc) is 3.05. The van der Waals surface area contributed by atoms with Gasteiger partial charge >= 0.3 is 0 Å². The van der Waals surface area contributed by atoms with Gasteiger partial charge in [0.15, 0.2) is 9.84 Å². The third-order valence-corrected chi connectivity index (χ3v) is 10.6. The van der Waals surface area contributed by atoms with E-state index < -0.39 is 9.84 Å². The first-order valence-electron chi connectivity index (χ1n) is 16.1. The Hall–Kier alpha value is -3.56. The Morgan fingerprint density at radius 1 is 0.889 bits per heavy atom. The molecule has 0 saturated carbocycles. The SMILES string of the molecule is CCN(CC)C(=O)c1cc(S(=O)(=O)Cc2cccc(OC)c2)c(C2CCN(c3ccccc3)CC2)cc1N(CC)CCN(C)C. The van der Waals surface area contributed by atoms with E-state index in [0.29, 0.717) is 36.5 Å². The Balaban J connectivity index is 1.85. The lowest BCUT2D eigenvalue weighted by atomic mass is 9.87. The molecule has 3 aromatic rings. The maximum Gasteiger partial charge on any atom is 0.255 e. The molecule has 0 aliphatic carbocycles. The molecule has 1 amide bonds. The number of sulfone groups is 1. The second kappa shape index (κ2) is 15.6. The lowest BCUT2D eigenvalue weighted by Gasteiger charge is -2.36. The van der Waals surface area contributed by atoms with Gasteiger partial charge in [0.05, 0.1) is 23.3 Å². The maximum absolute atomic E-state index is 14.4. The highest BCUT2D eigenvalue weighted by atomic mass is 32.2. The first-order chi connectivity index (χ1) is 21.6. The Bertz CT molecular complexity index is 1520. The van der Waals surface area contributed by atoms with Crippen molar-refractivity contribution in [2.24, 2.45) is 0 Å². The molecule has 8 nitrogen and oxygen atoms in total.